The topological polar surface area (TPSA) is 4.41 Å². The van der Waals surface area contributed by atoms with Gasteiger partial charge < -0.3 is 4.40 Å². The first-order valence-electron chi connectivity index (χ1n) is 6.12. The molecule has 2 aromatic heterocycles. The second kappa shape index (κ2) is 3.86. The fourth-order valence-corrected chi connectivity index (χ4v) is 2.43. The van der Waals surface area contributed by atoms with Crippen molar-refractivity contribution in [3.8, 4) is 0 Å². The average Bonchev–Trinajstić information content (AvgIpc) is 2.57. The Bertz CT molecular complexity index is 544. The lowest BCUT2D eigenvalue weighted by Crippen LogP contribution is -2.14. The third-order valence-corrected chi connectivity index (χ3v) is 3.15. The van der Waals surface area contributed by atoms with Crippen molar-refractivity contribution in [3.63, 3.8) is 0 Å². The summed E-state index contributed by atoms with van der Waals surface area (Å²) in [5, 5.41) is 0. The molecule has 0 saturated heterocycles. The van der Waals surface area contributed by atoms with Crippen LogP contribution >= 0.6 is 0 Å². The summed E-state index contributed by atoms with van der Waals surface area (Å²) in [6, 6.07) is 3.29. The van der Waals surface area contributed by atoms with Crippen LogP contribution < -0.4 is 0 Å². The van der Waals surface area contributed by atoms with Gasteiger partial charge in [-0.15, -0.1) is 0 Å². The molecule has 0 unspecified atom stereocenters. The second-order valence-electron chi connectivity index (χ2n) is 5.98. The van der Waals surface area contributed by atoms with Gasteiger partial charge in [-0.1, -0.05) is 34.6 Å². The maximum atomic E-state index is 14.0. The minimum atomic E-state index is -0.135. The largest absolute Gasteiger partial charge is 0.321 e. The fraction of sp³-hybridized carbons (Fsp3) is 0.467. The molecule has 2 rings (SSSR count). The highest BCUT2D eigenvalue weighted by molar-refractivity contribution is 5.63. The van der Waals surface area contributed by atoms with Gasteiger partial charge in [-0.25, -0.2) is 4.39 Å². The van der Waals surface area contributed by atoms with E-state index in [4.69, 9.17) is 0 Å². The van der Waals surface area contributed by atoms with Gasteiger partial charge in [0.05, 0.1) is 5.52 Å². The van der Waals surface area contributed by atoms with Crippen LogP contribution in [0.15, 0.2) is 24.5 Å². The van der Waals surface area contributed by atoms with Crippen LogP contribution in [0.3, 0.4) is 0 Å². The molecule has 0 aliphatic carbocycles. The molecular formula is C15H20FN. The molecule has 0 N–H and O–H groups in total. The molecule has 0 atom stereocenters. The van der Waals surface area contributed by atoms with E-state index < -0.39 is 0 Å². The van der Waals surface area contributed by atoms with Gasteiger partial charge in [0.1, 0.15) is 5.82 Å². The number of nitrogens with zero attached hydrogens (tertiary/aromatic N) is 1. The van der Waals surface area contributed by atoms with Crippen LogP contribution in [-0.2, 0) is 5.41 Å². The summed E-state index contributed by atoms with van der Waals surface area (Å²) >= 11 is 0. The fourth-order valence-electron chi connectivity index (χ4n) is 2.43. The maximum absolute atomic E-state index is 14.0. The number of pyridine rings is 1. The molecule has 0 spiro atoms. The summed E-state index contributed by atoms with van der Waals surface area (Å²) < 4.78 is 15.9. The van der Waals surface area contributed by atoms with Crippen LogP contribution in [-0.4, -0.2) is 4.40 Å². The van der Waals surface area contributed by atoms with Crippen molar-refractivity contribution in [2.45, 2.75) is 46.0 Å². The molecule has 1 nitrogen and oxygen atoms in total. The minimum Gasteiger partial charge on any atom is -0.321 e. The summed E-state index contributed by atoms with van der Waals surface area (Å²) in [6.07, 6.45) is 3.98. The number of hydrogen-bond donors (Lipinski definition) is 0. The Morgan fingerprint density at radius 3 is 2.41 bits per heavy atom. The van der Waals surface area contributed by atoms with Gasteiger partial charge >= 0.3 is 0 Å². The summed E-state index contributed by atoms with van der Waals surface area (Å²) in [6.45, 7) is 10.7. The maximum Gasteiger partial charge on any atom is 0.147 e. The van der Waals surface area contributed by atoms with Crippen molar-refractivity contribution >= 4 is 5.52 Å². The number of hydrogen-bond acceptors (Lipinski definition) is 0. The highest BCUT2D eigenvalue weighted by Crippen LogP contribution is 2.36. The minimum absolute atomic E-state index is 0.0451. The molecule has 0 aliphatic heterocycles. The zero-order chi connectivity index (χ0) is 12.8. The predicted octanol–water partition coefficient (Wildman–Crippen LogP) is 4.50. The molecule has 0 radical (unpaired) electrons. The van der Waals surface area contributed by atoms with Gasteiger partial charge in [-0.05, 0) is 34.6 Å². The zero-order valence-electron chi connectivity index (χ0n) is 11.2. The first-order chi connectivity index (χ1) is 7.82. The van der Waals surface area contributed by atoms with Crippen molar-refractivity contribution in [2.24, 2.45) is 0 Å². The lowest BCUT2D eigenvalue weighted by molar-refractivity contribution is 0.575. The monoisotopic (exact) mass is 233 g/mol. The summed E-state index contributed by atoms with van der Waals surface area (Å²) in [5.74, 6) is 0.271. The number of fused-ring (bicyclic) bond motifs is 1. The summed E-state index contributed by atoms with van der Waals surface area (Å²) in [5.41, 5.74) is 3.05. The van der Waals surface area contributed by atoms with Gasteiger partial charge in [0.25, 0.3) is 0 Å². The van der Waals surface area contributed by atoms with E-state index in [0.29, 0.717) is 5.92 Å². The first-order valence-corrected chi connectivity index (χ1v) is 6.12. The van der Waals surface area contributed by atoms with E-state index in [9.17, 15) is 4.39 Å². The molecule has 0 aromatic carbocycles. The molecule has 0 amide bonds. The van der Waals surface area contributed by atoms with E-state index in [1.165, 1.54) is 11.6 Å². The zero-order valence-corrected chi connectivity index (χ0v) is 11.2. The molecule has 17 heavy (non-hydrogen) atoms. The Morgan fingerprint density at radius 2 is 1.88 bits per heavy atom. The Morgan fingerprint density at radius 1 is 1.24 bits per heavy atom. The molecular weight excluding hydrogens is 213 g/mol. The lowest BCUT2D eigenvalue weighted by Gasteiger charge is -2.22. The van der Waals surface area contributed by atoms with Crippen LogP contribution in [0.4, 0.5) is 4.39 Å². The molecule has 0 bridgehead atoms. The summed E-state index contributed by atoms with van der Waals surface area (Å²) in [7, 11) is 0. The van der Waals surface area contributed by atoms with Gasteiger partial charge in [0.15, 0.2) is 0 Å². The van der Waals surface area contributed by atoms with E-state index in [2.05, 4.69) is 40.8 Å². The summed E-state index contributed by atoms with van der Waals surface area (Å²) in [4.78, 5) is 0. The van der Waals surface area contributed by atoms with Crippen LogP contribution in [0.2, 0.25) is 0 Å². The smallest absolute Gasteiger partial charge is 0.147 e. The SMILES string of the molecule is CC(C)c1cn2cccc(F)c2c1C(C)(C)C. The van der Waals surface area contributed by atoms with Crippen molar-refractivity contribution < 1.29 is 4.39 Å². The van der Waals surface area contributed by atoms with Crippen LogP contribution in [0, 0.1) is 5.82 Å². The van der Waals surface area contributed by atoms with Gasteiger partial charge in [-0.3, -0.25) is 0 Å². The normalized spacial score (nSPS) is 12.6. The Hall–Kier alpha value is -1.31. The van der Waals surface area contributed by atoms with E-state index in [1.807, 2.05) is 10.6 Å². The van der Waals surface area contributed by atoms with E-state index in [0.717, 1.165) is 11.1 Å². The lowest BCUT2D eigenvalue weighted by atomic mass is 9.82. The highest BCUT2D eigenvalue weighted by Gasteiger charge is 2.25. The number of rotatable bonds is 1. The molecule has 2 heteroatoms. The quantitative estimate of drug-likeness (QED) is 0.683. The molecule has 0 aliphatic rings. The Balaban J connectivity index is 2.88. The Kier molecular flexibility index (Phi) is 2.76. The average molecular weight is 233 g/mol. The van der Waals surface area contributed by atoms with Crippen molar-refractivity contribution in [3.05, 3.63) is 41.5 Å². The van der Waals surface area contributed by atoms with Gasteiger partial charge in [0, 0.05) is 12.4 Å². The molecule has 0 saturated carbocycles. The van der Waals surface area contributed by atoms with Crippen molar-refractivity contribution in [1.82, 2.24) is 4.40 Å². The van der Waals surface area contributed by atoms with E-state index in [-0.39, 0.29) is 11.2 Å². The van der Waals surface area contributed by atoms with Gasteiger partial charge in [0.2, 0.25) is 0 Å². The van der Waals surface area contributed by atoms with Crippen LogP contribution in [0.5, 0.6) is 0 Å². The number of aromatic nitrogens is 1. The van der Waals surface area contributed by atoms with Crippen molar-refractivity contribution in [2.75, 3.05) is 0 Å². The predicted molar refractivity (Wildman–Crippen MR) is 70.1 cm³/mol. The van der Waals surface area contributed by atoms with Gasteiger partial charge in [-0.2, -0.15) is 0 Å². The standard InChI is InChI=1S/C15H20FN/c1-10(2)11-9-17-8-6-7-12(16)14(17)13(11)15(3,4)5/h6-10H,1-5H3. The molecule has 0 fully saturated rings. The van der Waals surface area contributed by atoms with Crippen LogP contribution in [0.25, 0.3) is 5.52 Å². The third kappa shape index (κ3) is 1.97. The third-order valence-electron chi connectivity index (χ3n) is 3.15. The highest BCUT2D eigenvalue weighted by atomic mass is 19.1. The number of halogens is 1. The first kappa shape index (κ1) is 12.2. The second-order valence-corrected chi connectivity index (χ2v) is 5.98. The molecule has 2 aromatic rings. The van der Waals surface area contributed by atoms with E-state index in [1.54, 1.807) is 6.07 Å². The van der Waals surface area contributed by atoms with E-state index >= 15 is 0 Å². The molecule has 2 heterocycles. The Labute approximate surface area is 102 Å². The van der Waals surface area contributed by atoms with Crippen molar-refractivity contribution in [1.29, 1.82) is 0 Å². The molecule has 92 valence electrons. The van der Waals surface area contributed by atoms with Crippen LogP contribution in [0.1, 0.15) is 51.7 Å².